The highest BCUT2D eigenvalue weighted by molar-refractivity contribution is 6.30. The van der Waals surface area contributed by atoms with Crippen LogP contribution in [0.25, 0.3) is 0 Å². The zero-order valence-corrected chi connectivity index (χ0v) is 11.6. The maximum absolute atomic E-state index is 13.9. The molecule has 1 aliphatic heterocycles. The summed E-state index contributed by atoms with van der Waals surface area (Å²) in [6.45, 7) is 0.880. The van der Waals surface area contributed by atoms with Crippen molar-refractivity contribution in [1.29, 1.82) is 0 Å². The van der Waals surface area contributed by atoms with E-state index in [9.17, 15) is 9.50 Å². The predicted octanol–water partition coefficient (Wildman–Crippen LogP) is 3.72. The van der Waals surface area contributed by atoms with Crippen molar-refractivity contribution in [3.05, 3.63) is 63.9 Å². The van der Waals surface area contributed by atoms with Crippen molar-refractivity contribution >= 4 is 17.3 Å². The second kappa shape index (κ2) is 5.43. The van der Waals surface area contributed by atoms with Crippen LogP contribution < -0.4 is 5.32 Å². The van der Waals surface area contributed by atoms with E-state index < -0.39 is 11.9 Å². The lowest BCUT2D eigenvalue weighted by Crippen LogP contribution is -2.06. The van der Waals surface area contributed by atoms with Gasteiger partial charge < -0.3 is 10.4 Å². The average molecular weight is 292 g/mol. The Hall–Kier alpha value is -1.58. The van der Waals surface area contributed by atoms with Crippen LogP contribution in [0.3, 0.4) is 0 Å². The molecule has 104 valence electrons. The van der Waals surface area contributed by atoms with Gasteiger partial charge in [0.2, 0.25) is 0 Å². The van der Waals surface area contributed by atoms with Crippen molar-refractivity contribution in [2.45, 2.75) is 18.9 Å². The molecule has 2 N–H and O–H groups in total. The summed E-state index contributed by atoms with van der Waals surface area (Å²) in [4.78, 5) is 0. The van der Waals surface area contributed by atoms with Crippen LogP contribution in [-0.2, 0) is 12.8 Å². The van der Waals surface area contributed by atoms with Crippen LogP contribution in [-0.4, -0.2) is 11.7 Å². The van der Waals surface area contributed by atoms with Crippen LogP contribution in [0.2, 0.25) is 5.02 Å². The molecule has 1 aliphatic rings. The van der Waals surface area contributed by atoms with Crippen molar-refractivity contribution in [1.82, 2.24) is 0 Å². The Kier molecular flexibility index (Phi) is 3.64. The average Bonchev–Trinajstić information content (AvgIpc) is 2.92. The first-order valence-electron chi connectivity index (χ1n) is 6.63. The predicted molar refractivity (Wildman–Crippen MR) is 78.7 cm³/mol. The maximum Gasteiger partial charge on any atom is 0.145 e. The van der Waals surface area contributed by atoms with Crippen molar-refractivity contribution in [2.24, 2.45) is 0 Å². The lowest BCUT2D eigenvalue weighted by Gasteiger charge is -2.16. The molecule has 0 spiro atoms. The quantitative estimate of drug-likeness (QED) is 0.903. The Bertz CT molecular complexity index is 644. The van der Waals surface area contributed by atoms with Gasteiger partial charge in [0.25, 0.3) is 0 Å². The fourth-order valence-electron chi connectivity index (χ4n) is 2.67. The number of halogens is 2. The first kappa shape index (κ1) is 13.4. The molecule has 0 aromatic heterocycles. The van der Waals surface area contributed by atoms with E-state index in [0.29, 0.717) is 5.56 Å². The van der Waals surface area contributed by atoms with E-state index in [1.54, 1.807) is 12.1 Å². The van der Waals surface area contributed by atoms with Gasteiger partial charge in [-0.05, 0) is 23.6 Å². The SMILES string of the molecule is OC(Cc1cccc(Cl)c1F)c1cccc2c1NCC2. The second-order valence-corrected chi connectivity index (χ2v) is 5.40. The van der Waals surface area contributed by atoms with Crippen molar-refractivity contribution in [3.8, 4) is 0 Å². The zero-order chi connectivity index (χ0) is 14.1. The van der Waals surface area contributed by atoms with Gasteiger partial charge in [0, 0.05) is 24.2 Å². The molecular weight excluding hydrogens is 277 g/mol. The zero-order valence-electron chi connectivity index (χ0n) is 10.9. The number of hydrogen-bond donors (Lipinski definition) is 2. The lowest BCUT2D eigenvalue weighted by atomic mass is 9.97. The number of hydrogen-bond acceptors (Lipinski definition) is 2. The highest BCUT2D eigenvalue weighted by atomic mass is 35.5. The number of aliphatic hydroxyl groups is 1. The Morgan fingerprint density at radius 2 is 2.05 bits per heavy atom. The summed E-state index contributed by atoms with van der Waals surface area (Å²) in [5.74, 6) is -0.450. The molecule has 0 aliphatic carbocycles. The van der Waals surface area contributed by atoms with Crippen LogP contribution in [0.15, 0.2) is 36.4 Å². The molecule has 2 aromatic rings. The number of rotatable bonds is 3. The molecule has 0 fully saturated rings. The van der Waals surface area contributed by atoms with Gasteiger partial charge in [-0.15, -0.1) is 0 Å². The van der Waals surface area contributed by atoms with Gasteiger partial charge in [-0.3, -0.25) is 0 Å². The smallest absolute Gasteiger partial charge is 0.145 e. The number of anilines is 1. The minimum atomic E-state index is -0.747. The minimum Gasteiger partial charge on any atom is -0.388 e. The molecule has 0 saturated carbocycles. The molecule has 1 unspecified atom stereocenters. The third kappa shape index (κ3) is 2.39. The summed E-state index contributed by atoms with van der Waals surface area (Å²) in [6, 6.07) is 10.7. The highest BCUT2D eigenvalue weighted by Gasteiger charge is 2.20. The van der Waals surface area contributed by atoms with E-state index >= 15 is 0 Å². The first-order valence-corrected chi connectivity index (χ1v) is 7.01. The largest absolute Gasteiger partial charge is 0.388 e. The Morgan fingerprint density at radius 1 is 1.25 bits per heavy atom. The van der Waals surface area contributed by atoms with E-state index in [1.165, 1.54) is 11.6 Å². The first-order chi connectivity index (χ1) is 9.66. The van der Waals surface area contributed by atoms with Crippen molar-refractivity contribution in [3.63, 3.8) is 0 Å². The number of nitrogens with one attached hydrogen (secondary N) is 1. The van der Waals surface area contributed by atoms with Gasteiger partial charge in [0.15, 0.2) is 0 Å². The molecule has 0 amide bonds. The second-order valence-electron chi connectivity index (χ2n) is 4.99. The number of aliphatic hydroxyl groups excluding tert-OH is 1. The van der Waals surface area contributed by atoms with Gasteiger partial charge >= 0.3 is 0 Å². The topological polar surface area (TPSA) is 32.3 Å². The standard InChI is InChI=1S/C16H15ClFNO/c17-13-6-2-4-11(15(13)18)9-14(20)12-5-1-3-10-7-8-19-16(10)12/h1-6,14,19-20H,7-9H2. The molecule has 2 aromatic carbocycles. The summed E-state index contributed by atoms with van der Waals surface area (Å²) in [5.41, 5.74) is 3.44. The summed E-state index contributed by atoms with van der Waals surface area (Å²) in [6.07, 6.45) is 0.426. The van der Waals surface area contributed by atoms with E-state index in [1.807, 2.05) is 18.2 Å². The van der Waals surface area contributed by atoms with Crippen molar-refractivity contribution < 1.29 is 9.50 Å². The van der Waals surface area contributed by atoms with Gasteiger partial charge in [0.05, 0.1) is 11.1 Å². The Labute approximate surface area is 122 Å². The summed E-state index contributed by atoms with van der Waals surface area (Å²) in [7, 11) is 0. The molecule has 1 heterocycles. The molecular formula is C16H15ClFNO. The van der Waals surface area contributed by atoms with E-state index in [4.69, 9.17) is 11.6 Å². The normalized spacial score (nSPS) is 14.8. The van der Waals surface area contributed by atoms with Gasteiger partial charge in [-0.25, -0.2) is 4.39 Å². The molecule has 0 bridgehead atoms. The van der Waals surface area contributed by atoms with Crippen LogP contribution in [0, 0.1) is 5.82 Å². The van der Waals surface area contributed by atoms with Crippen LogP contribution in [0.5, 0.6) is 0 Å². The summed E-state index contributed by atoms with van der Waals surface area (Å²) < 4.78 is 13.9. The van der Waals surface area contributed by atoms with E-state index in [2.05, 4.69) is 5.32 Å². The lowest BCUT2D eigenvalue weighted by molar-refractivity contribution is 0.178. The Morgan fingerprint density at radius 3 is 2.90 bits per heavy atom. The molecule has 0 radical (unpaired) electrons. The van der Waals surface area contributed by atoms with Gasteiger partial charge in [-0.1, -0.05) is 41.9 Å². The molecule has 4 heteroatoms. The van der Waals surface area contributed by atoms with Gasteiger partial charge in [0.1, 0.15) is 5.82 Å². The monoisotopic (exact) mass is 291 g/mol. The number of benzene rings is 2. The summed E-state index contributed by atoms with van der Waals surface area (Å²) in [5, 5.41) is 13.8. The molecule has 3 rings (SSSR count). The highest BCUT2D eigenvalue weighted by Crippen LogP contribution is 2.33. The molecule has 1 atom stereocenters. The third-order valence-corrected chi connectivity index (χ3v) is 3.97. The minimum absolute atomic E-state index is 0.0890. The van der Waals surface area contributed by atoms with Crippen LogP contribution in [0.1, 0.15) is 22.8 Å². The van der Waals surface area contributed by atoms with E-state index in [-0.39, 0.29) is 11.4 Å². The summed E-state index contributed by atoms with van der Waals surface area (Å²) >= 11 is 5.77. The fraction of sp³-hybridized carbons (Fsp3) is 0.250. The number of para-hydroxylation sites is 1. The molecule has 2 nitrogen and oxygen atoms in total. The van der Waals surface area contributed by atoms with Crippen molar-refractivity contribution in [2.75, 3.05) is 11.9 Å². The van der Waals surface area contributed by atoms with Crippen LogP contribution >= 0.6 is 11.6 Å². The van der Waals surface area contributed by atoms with Gasteiger partial charge in [-0.2, -0.15) is 0 Å². The molecule has 0 saturated heterocycles. The van der Waals surface area contributed by atoms with Crippen LogP contribution in [0.4, 0.5) is 10.1 Å². The Balaban J connectivity index is 1.89. The van der Waals surface area contributed by atoms with E-state index in [0.717, 1.165) is 24.2 Å². The maximum atomic E-state index is 13.9. The third-order valence-electron chi connectivity index (χ3n) is 3.68. The number of fused-ring (bicyclic) bond motifs is 1. The molecule has 20 heavy (non-hydrogen) atoms. The fourth-order valence-corrected chi connectivity index (χ4v) is 2.86.